The normalized spacial score (nSPS) is 13.1. The monoisotopic (exact) mass is 402 g/mol. The van der Waals surface area contributed by atoms with E-state index in [2.05, 4.69) is 5.32 Å². The number of anilines is 1. The Morgan fingerprint density at radius 3 is 2.63 bits per heavy atom. The fraction of sp³-hybridized carbons (Fsp3) is 0.167. The second-order valence-electron chi connectivity index (χ2n) is 7.02. The van der Waals surface area contributed by atoms with Gasteiger partial charge in [-0.05, 0) is 43.3 Å². The number of hydrogen-bond acceptors (Lipinski definition) is 4. The number of benzene rings is 3. The third kappa shape index (κ3) is 4.43. The summed E-state index contributed by atoms with van der Waals surface area (Å²) in [6, 6.07) is 22.4. The molecule has 152 valence electrons. The summed E-state index contributed by atoms with van der Waals surface area (Å²) in [5.41, 5.74) is 3.15. The Bertz CT molecular complexity index is 1060. The highest BCUT2D eigenvalue weighted by atomic mass is 16.6. The summed E-state index contributed by atoms with van der Waals surface area (Å²) in [6.07, 6.45) is -0.394. The molecule has 1 aliphatic rings. The maximum absolute atomic E-state index is 12.7. The van der Waals surface area contributed by atoms with E-state index in [0.29, 0.717) is 36.7 Å². The summed E-state index contributed by atoms with van der Waals surface area (Å²) in [5, 5.41) is 2.93. The Kier molecular flexibility index (Phi) is 5.66. The van der Waals surface area contributed by atoms with Crippen LogP contribution in [0.15, 0.2) is 72.8 Å². The number of carbonyl (C=O) groups excluding carboxylic acids is 2. The van der Waals surface area contributed by atoms with Gasteiger partial charge in [-0.15, -0.1) is 0 Å². The van der Waals surface area contributed by atoms with E-state index in [0.717, 1.165) is 16.9 Å². The van der Waals surface area contributed by atoms with Gasteiger partial charge >= 0.3 is 6.09 Å². The summed E-state index contributed by atoms with van der Waals surface area (Å²) in [6.45, 7) is 3.17. The molecule has 1 heterocycles. The minimum atomic E-state index is -0.394. The van der Waals surface area contributed by atoms with Crippen LogP contribution in [-0.4, -0.2) is 25.2 Å². The highest BCUT2D eigenvalue weighted by Crippen LogP contribution is 2.26. The summed E-state index contributed by atoms with van der Waals surface area (Å²) in [7, 11) is 0. The molecular weight excluding hydrogens is 380 g/mol. The lowest BCUT2D eigenvalue weighted by Gasteiger charge is -2.14. The van der Waals surface area contributed by atoms with Crippen LogP contribution in [0.25, 0.3) is 0 Å². The zero-order chi connectivity index (χ0) is 20.9. The van der Waals surface area contributed by atoms with Crippen molar-refractivity contribution in [3.8, 4) is 11.5 Å². The van der Waals surface area contributed by atoms with Gasteiger partial charge in [-0.1, -0.05) is 42.0 Å². The topological polar surface area (TPSA) is 67.9 Å². The minimum Gasteiger partial charge on any atom is -0.457 e. The summed E-state index contributed by atoms with van der Waals surface area (Å²) >= 11 is 0. The van der Waals surface area contributed by atoms with E-state index in [1.54, 1.807) is 24.3 Å². The van der Waals surface area contributed by atoms with Crippen molar-refractivity contribution < 1.29 is 19.1 Å². The van der Waals surface area contributed by atoms with Crippen LogP contribution >= 0.6 is 0 Å². The highest BCUT2D eigenvalue weighted by molar-refractivity contribution is 5.97. The van der Waals surface area contributed by atoms with Crippen molar-refractivity contribution in [3.05, 3.63) is 89.5 Å². The van der Waals surface area contributed by atoms with Crippen molar-refractivity contribution in [1.29, 1.82) is 0 Å². The Morgan fingerprint density at radius 2 is 1.87 bits per heavy atom. The van der Waals surface area contributed by atoms with Crippen LogP contribution in [0.5, 0.6) is 11.5 Å². The second-order valence-corrected chi connectivity index (χ2v) is 7.02. The number of aryl methyl sites for hydroxylation is 1. The number of para-hydroxylation sites is 1. The van der Waals surface area contributed by atoms with Gasteiger partial charge in [0.2, 0.25) is 0 Å². The average Bonchev–Trinajstić information content (AvgIpc) is 3.20. The van der Waals surface area contributed by atoms with E-state index in [1.807, 2.05) is 55.5 Å². The third-order valence-corrected chi connectivity index (χ3v) is 4.84. The molecule has 0 aromatic heterocycles. The molecule has 0 spiro atoms. The molecule has 6 nitrogen and oxygen atoms in total. The predicted molar refractivity (Wildman–Crippen MR) is 114 cm³/mol. The van der Waals surface area contributed by atoms with Gasteiger partial charge in [0.05, 0.1) is 6.54 Å². The molecule has 1 N–H and O–H groups in total. The van der Waals surface area contributed by atoms with Crippen LogP contribution in [0, 0.1) is 6.92 Å². The van der Waals surface area contributed by atoms with E-state index in [4.69, 9.17) is 9.47 Å². The summed E-state index contributed by atoms with van der Waals surface area (Å²) in [4.78, 5) is 26.0. The zero-order valence-electron chi connectivity index (χ0n) is 16.6. The molecule has 0 radical (unpaired) electrons. The van der Waals surface area contributed by atoms with Crippen molar-refractivity contribution in [1.82, 2.24) is 5.32 Å². The maximum Gasteiger partial charge on any atom is 0.414 e. The molecule has 1 aliphatic heterocycles. The molecule has 1 fully saturated rings. The third-order valence-electron chi connectivity index (χ3n) is 4.84. The minimum absolute atomic E-state index is 0.227. The quantitative estimate of drug-likeness (QED) is 0.650. The summed E-state index contributed by atoms with van der Waals surface area (Å²) in [5.74, 6) is 1.20. The number of ether oxygens (including phenoxy) is 2. The first-order chi connectivity index (χ1) is 14.6. The molecule has 3 aromatic carbocycles. The van der Waals surface area contributed by atoms with E-state index in [-0.39, 0.29) is 5.91 Å². The van der Waals surface area contributed by atoms with Crippen molar-refractivity contribution >= 4 is 17.7 Å². The molecule has 0 atom stereocenters. The lowest BCUT2D eigenvalue weighted by atomic mass is 10.1. The Balaban J connectivity index is 1.44. The van der Waals surface area contributed by atoms with Gasteiger partial charge in [-0.25, -0.2) is 4.79 Å². The number of amides is 2. The van der Waals surface area contributed by atoms with Gasteiger partial charge in [-0.2, -0.15) is 0 Å². The van der Waals surface area contributed by atoms with Crippen LogP contribution < -0.4 is 15.0 Å². The summed E-state index contributed by atoms with van der Waals surface area (Å²) < 4.78 is 11.0. The molecule has 2 amide bonds. The molecule has 4 rings (SSSR count). The Morgan fingerprint density at radius 1 is 1.07 bits per heavy atom. The van der Waals surface area contributed by atoms with Gasteiger partial charge in [0, 0.05) is 23.4 Å². The lowest BCUT2D eigenvalue weighted by Crippen LogP contribution is -2.25. The van der Waals surface area contributed by atoms with Crippen LogP contribution in [-0.2, 0) is 11.3 Å². The van der Waals surface area contributed by atoms with Crippen LogP contribution in [0.4, 0.5) is 10.5 Å². The van der Waals surface area contributed by atoms with Crippen molar-refractivity contribution in [2.75, 3.05) is 18.1 Å². The van der Waals surface area contributed by atoms with Crippen LogP contribution in [0.2, 0.25) is 0 Å². The van der Waals surface area contributed by atoms with E-state index in [1.165, 1.54) is 4.90 Å². The zero-order valence-corrected chi connectivity index (χ0v) is 16.6. The fourth-order valence-corrected chi connectivity index (χ4v) is 3.20. The lowest BCUT2D eigenvalue weighted by molar-refractivity contribution is 0.0950. The maximum atomic E-state index is 12.7. The van der Waals surface area contributed by atoms with E-state index >= 15 is 0 Å². The van der Waals surface area contributed by atoms with Gasteiger partial charge in [-0.3, -0.25) is 9.69 Å². The highest BCUT2D eigenvalue weighted by Gasteiger charge is 2.24. The number of cyclic esters (lactones) is 1. The van der Waals surface area contributed by atoms with Gasteiger partial charge in [0.1, 0.15) is 18.1 Å². The first-order valence-electron chi connectivity index (χ1n) is 9.75. The number of nitrogens with one attached hydrogen (secondary N) is 1. The first-order valence-corrected chi connectivity index (χ1v) is 9.75. The Hall–Kier alpha value is -3.80. The SMILES string of the molecule is Cc1ccc(Oc2ccccc2CNC(=O)c2cccc(N3CCOC3=O)c2)cc1. The van der Waals surface area contributed by atoms with E-state index in [9.17, 15) is 9.59 Å². The number of hydrogen-bond donors (Lipinski definition) is 1. The molecule has 30 heavy (non-hydrogen) atoms. The predicted octanol–water partition coefficient (Wildman–Crippen LogP) is 4.67. The van der Waals surface area contributed by atoms with Crippen molar-refractivity contribution in [2.45, 2.75) is 13.5 Å². The standard InChI is InChI=1S/C24H22N2O4/c1-17-9-11-21(12-10-17)30-22-8-3-2-5-19(22)16-25-23(27)18-6-4-7-20(15-18)26-13-14-29-24(26)28/h2-12,15H,13-14,16H2,1H3,(H,25,27). The second kappa shape index (κ2) is 8.69. The van der Waals surface area contributed by atoms with Gasteiger partial charge in [0.15, 0.2) is 0 Å². The molecule has 0 unspecified atom stereocenters. The van der Waals surface area contributed by atoms with E-state index < -0.39 is 6.09 Å². The number of carbonyl (C=O) groups is 2. The average molecular weight is 402 g/mol. The number of rotatable bonds is 6. The van der Waals surface area contributed by atoms with Crippen molar-refractivity contribution in [2.24, 2.45) is 0 Å². The molecule has 0 aliphatic carbocycles. The van der Waals surface area contributed by atoms with Crippen LogP contribution in [0.1, 0.15) is 21.5 Å². The molecule has 6 heteroatoms. The number of nitrogens with zero attached hydrogens (tertiary/aromatic N) is 1. The molecule has 3 aromatic rings. The van der Waals surface area contributed by atoms with Crippen molar-refractivity contribution in [3.63, 3.8) is 0 Å². The molecule has 0 saturated carbocycles. The fourth-order valence-electron chi connectivity index (χ4n) is 3.20. The first kappa shape index (κ1) is 19.5. The molecule has 1 saturated heterocycles. The van der Waals surface area contributed by atoms with Gasteiger partial charge < -0.3 is 14.8 Å². The van der Waals surface area contributed by atoms with Crippen LogP contribution in [0.3, 0.4) is 0 Å². The Labute approximate surface area is 175 Å². The van der Waals surface area contributed by atoms with Gasteiger partial charge in [0.25, 0.3) is 5.91 Å². The largest absolute Gasteiger partial charge is 0.457 e. The smallest absolute Gasteiger partial charge is 0.414 e. The molecular formula is C24H22N2O4. The molecule has 0 bridgehead atoms.